The number of carbonyl (C=O) groups excluding carboxylic acids is 1. The van der Waals surface area contributed by atoms with E-state index in [0.29, 0.717) is 25.3 Å². The zero-order valence-electron chi connectivity index (χ0n) is 15.2. The van der Waals surface area contributed by atoms with E-state index in [1.807, 2.05) is 12.1 Å². The normalized spacial score (nSPS) is 12.5. The van der Waals surface area contributed by atoms with Crippen LogP contribution in [0.4, 0.5) is 8.78 Å². The summed E-state index contributed by atoms with van der Waals surface area (Å²) >= 11 is 0. The fourth-order valence-corrected chi connectivity index (χ4v) is 3.00. The molecule has 5 nitrogen and oxygen atoms in total. The molecular formula is C20H21F2NO4. The van der Waals surface area contributed by atoms with Crippen LogP contribution in [0.5, 0.6) is 17.2 Å². The molecule has 2 aromatic carbocycles. The highest BCUT2D eigenvalue weighted by atomic mass is 19.3. The second-order valence-electron chi connectivity index (χ2n) is 6.17. The van der Waals surface area contributed by atoms with E-state index in [2.05, 4.69) is 4.74 Å². The Labute approximate surface area is 156 Å². The molecule has 0 fully saturated rings. The van der Waals surface area contributed by atoms with Crippen molar-refractivity contribution in [3.8, 4) is 17.2 Å². The van der Waals surface area contributed by atoms with Crippen LogP contribution >= 0.6 is 0 Å². The quantitative estimate of drug-likeness (QED) is 0.734. The minimum Gasteiger partial charge on any atom is -0.493 e. The van der Waals surface area contributed by atoms with E-state index in [0.717, 1.165) is 23.3 Å². The van der Waals surface area contributed by atoms with Crippen LogP contribution < -0.4 is 14.2 Å². The van der Waals surface area contributed by atoms with E-state index >= 15 is 0 Å². The van der Waals surface area contributed by atoms with Gasteiger partial charge in [-0.25, -0.2) is 0 Å². The van der Waals surface area contributed by atoms with Gasteiger partial charge in [-0.1, -0.05) is 6.07 Å². The summed E-state index contributed by atoms with van der Waals surface area (Å²) in [6, 6.07) is 10.1. The van der Waals surface area contributed by atoms with Gasteiger partial charge in [-0.3, -0.25) is 4.79 Å². The number of amides is 1. The molecule has 0 aromatic heterocycles. The molecule has 1 aliphatic heterocycles. The summed E-state index contributed by atoms with van der Waals surface area (Å²) in [4.78, 5) is 14.3. The first kappa shape index (κ1) is 18.9. The molecule has 0 aliphatic carbocycles. The van der Waals surface area contributed by atoms with E-state index in [-0.39, 0.29) is 17.4 Å². The molecule has 0 saturated heterocycles. The van der Waals surface area contributed by atoms with Crippen molar-refractivity contribution in [3.63, 3.8) is 0 Å². The van der Waals surface area contributed by atoms with Crippen molar-refractivity contribution < 1.29 is 27.8 Å². The molecule has 0 radical (unpaired) electrons. The predicted molar refractivity (Wildman–Crippen MR) is 95.7 cm³/mol. The molecule has 0 atom stereocenters. The lowest BCUT2D eigenvalue weighted by Crippen LogP contribution is -2.26. The lowest BCUT2D eigenvalue weighted by atomic mass is 10.1. The van der Waals surface area contributed by atoms with E-state index in [9.17, 15) is 13.6 Å². The Morgan fingerprint density at radius 3 is 2.78 bits per heavy atom. The third kappa shape index (κ3) is 4.48. The molecule has 0 N–H and O–H groups in total. The fraction of sp³-hybridized carbons (Fsp3) is 0.350. The van der Waals surface area contributed by atoms with Crippen molar-refractivity contribution in [1.29, 1.82) is 0 Å². The molecule has 0 saturated carbocycles. The third-order valence-corrected chi connectivity index (χ3v) is 4.23. The number of fused-ring (bicyclic) bond motifs is 1. The van der Waals surface area contributed by atoms with Gasteiger partial charge >= 0.3 is 6.61 Å². The van der Waals surface area contributed by atoms with Crippen molar-refractivity contribution in [1.82, 2.24) is 4.90 Å². The zero-order valence-corrected chi connectivity index (χ0v) is 15.2. The molecule has 27 heavy (non-hydrogen) atoms. The number of hydrogen-bond acceptors (Lipinski definition) is 4. The molecule has 0 spiro atoms. The molecule has 0 bridgehead atoms. The largest absolute Gasteiger partial charge is 0.493 e. The Morgan fingerprint density at radius 1 is 1.22 bits per heavy atom. The van der Waals surface area contributed by atoms with Gasteiger partial charge in [-0.05, 0) is 48.4 Å². The highest BCUT2D eigenvalue weighted by Crippen LogP contribution is 2.31. The number of benzene rings is 2. The summed E-state index contributed by atoms with van der Waals surface area (Å²) in [6.45, 7) is 0.0848. The van der Waals surface area contributed by atoms with Gasteiger partial charge < -0.3 is 19.1 Å². The molecule has 1 aliphatic rings. The minimum atomic E-state index is -2.93. The molecule has 1 heterocycles. The van der Waals surface area contributed by atoms with Crippen LogP contribution in [0.1, 0.15) is 28.4 Å². The molecule has 144 valence electrons. The van der Waals surface area contributed by atoms with Gasteiger partial charge in [-0.15, -0.1) is 0 Å². The number of ether oxygens (including phenoxy) is 3. The number of carbonyl (C=O) groups is 1. The summed E-state index contributed by atoms with van der Waals surface area (Å²) in [5, 5.41) is 0. The van der Waals surface area contributed by atoms with Crippen molar-refractivity contribution in [2.24, 2.45) is 0 Å². The molecule has 1 amide bonds. The van der Waals surface area contributed by atoms with Gasteiger partial charge in [0.25, 0.3) is 5.91 Å². The number of halogens is 2. The lowest BCUT2D eigenvalue weighted by Gasteiger charge is -2.19. The van der Waals surface area contributed by atoms with Crippen LogP contribution in [0.2, 0.25) is 0 Å². The highest BCUT2D eigenvalue weighted by molar-refractivity contribution is 5.94. The number of hydrogen-bond donors (Lipinski definition) is 0. The van der Waals surface area contributed by atoms with E-state index in [4.69, 9.17) is 9.47 Å². The van der Waals surface area contributed by atoms with Crippen molar-refractivity contribution in [3.05, 3.63) is 53.1 Å². The minimum absolute atomic E-state index is 0.0248. The maximum Gasteiger partial charge on any atom is 0.387 e. The smallest absolute Gasteiger partial charge is 0.387 e. The van der Waals surface area contributed by atoms with Gasteiger partial charge in [-0.2, -0.15) is 8.78 Å². The number of nitrogens with zero attached hydrogens (tertiary/aromatic N) is 1. The van der Waals surface area contributed by atoms with Crippen LogP contribution in [-0.4, -0.2) is 37.7 Å². The Hall–Kier alpha value is -2.83. The SMILES string of the molecule is CCOc1cc(CN(C)C(=O)c2ccc3c(c2)CCO3)ccc1OC(F)F. The van der Waals surface area contributed by atoms with Crippen LogP contribution in [0.15, 0.2) is 36.4 Å². The first-order valence-electron chi connectivity index (χ1n) is 8.69. The molecule has 3 rings (SSSR count). The standard InChI is InChI=1S/C20H21F2NO4/c1-3-25-18-10-13(4-6-17(18)27-20(21)22)12-23(2)19(24)15-5-7-16-14(11-15)8-9-26-16/h4-7,10-11,20H,3,8-9,12H2,1-2H3. The number of alkyl halides is 2. The topological polar surface area (TPSA) is 48.0 Å². The summed E-state index contributed by atoms with van der Waals surface area (Å²) in [6.07, 6.45) is 0.795. The monoisotopic (exact) mass is 377 g/mol. The molecule has 7 heteroatoms. The first-order chi connectivity index (χ1) is 13.0. The van der Waals surface area contributed by atoms with Gasteiger partial charge in [0, 0.05) is 25.6 Å². The lowest BCUT2D eigenvalue weighted by molar-refractivity contribution is -0.0514. The van der Waals surface area contributed by atoms with E-state index < -0.39 is 6.61 Å². The van der Waals surface area contributed by atoms with Crippen molar-refractivity contribution in [2.75, 3.05) is 20.3 Å². The average Bonchev–Trinajstić information content (AvgIpc) is 3.10. The molecule has 0 unspecified atom stereocenters. The van der Waals surface area contributed by atoms with Crippen LogP contribution in [0.3, 0.4) is 0 Å². The van der Waals surface area contributed by atoms with Gasteiger partial charge in [0.2, 0.25) is 0 Å². The summed E-state index contributed by atoms with van der Waals surface area (Å²) < 4.78 is 40.3. The Balaban J connectivity index is 1.73. The Morgan fingerprint density at radius 2 is 2.04 bits per heavy atom. The first-order valence-corrected chi connectivity index (χ1v) is 8.69. The van der Waals surface area contributed by atoms with Crippen LogP contribution in [-0.2, 0) is 13.0 Å². The fourth-order valence-electron chi connectivity index (χ4n) is 3.00. The second-order valence-corrected chi connectivity index (χ2v) is 6.17. The maximum atomic E-state index is 12.7. The van der Waals surface area contributed by atoms with Gasteiger partial charge in [0.15, 0.2) is 11.5 Å². The Bertz CT molecular complexity index is 826. The van der Waals surface area contributed by atoms with Crippen LogP contribution in [0, 0.1) is 0 Å². The van der Waals surface area contributed by atoms with Gasteiger partial charge in [0.05, 0.1) is 13.2 Å². The average molecular weight is 377 g/mol. The van der Waals surface area contributed by atoms with Crippen molar-refractivity contribution in [2.45, 2.75) is 26.5 Å². The predicted octanol–water partition coefficient (Wildman–Crippen LogP) is 3.89. The summed E-state index contributed by atoms with van der Waals surface area (Å²) in [5.74, 6) is 0.898. The molecular weight excluding hydrogens is 356 g/mol. The maximum absolute atomic E-state index is 12.7. The Kier molecular flexibility index (Phi) is 5.78. The molecule has 2 aromatic rings. The number of rotatable bonds is 7. The van der Waals surface area contributed by atoms with Crippen molar-refractivity contribution >= 4 is 5.91 Å². The summed E-state index contributed by atoms with van der Waals surface area (Å²) in [5.41, 5.74) is 2.37. The van der Waals surface area contributed by atoms with Crippen LogP contribution in [0.25, 0.3) is 0 Å². The van der Waals surface area contributed by atoms with E-state index in [1.54, 1.807) is 37.1 Å². The third-order valence-electron chi connectivity index (χ3n) is 4.23. The van der Waals surface area contributed by atoms with Gasteiger partial charge in [0.1, 0.15) is 5.75 Å². The van der Waals surface area contributed by atoms with E-state index in [1.165, 1.54) is 6.07 Å². The summed E-state index contributed by atoms with van der Waals surface area (Å²) in [7, 11) is 1.69. The second kappa shape index (κ2) is 8.24. The zero-order chi connectivity index (χ0) is 19.4. The highest BCUT2D eigenvalue weighted by Gasteiger charge is 2.18.